The monoisotopic (exact) mass is 276 g/mol. The van der Waals surface area contributed by atoms with Crippen LogP contribution >= 0.6 is 0 Å². The van der Waals surface area contributed by atoms with Crippen LogP contribution in [-0.2, 0) is 9.53 Å². The molecule has 4 heteroatoms. The largest absolute Gasteiger partial charge is 0.465 e. The van der Waals surface area contributed by atoms with Gasteiger partial charge in [-0.2, -0.15) is 0 Å². The molecular weight excluding hydrogens is 252 g/mol. The lowest BCUT2D eigenvalue weighted by molar-refractivity contribution is -0.152. The van der Waals surface area contributed by atoms with Crippen LogP contribution in [0.2, 0.25) is 0 Å². The number of carbonyl (C=O) groups excluding carboxylic acids is 1. The highest BCUT2D eigenvalue weighted by atomic mass is 16.5. The molecule has 4 nitrogen and oxygen atoms in total. The minimum atomic E-state index is -0.228. The van der Waals surface area contributed by atoms with Gasteiger partial charge in [0.1, 0.15) is 6.04 Å². The fourth-order valence-corrected chi connectivity index (χ4v) is 2.87. The van der Waals surface area contributed by atoms with Gasteiger partial charge >= 0.3 is 5.97 Å². The highest BCUT2D eigenvalue weighted by Gasteiger charge is 2.35. The predicted molar refractivity (Wildman–Crippen MR) is 79.2 cm³/mol. The zero-order chi connectivity index (χ0) is 14.5. The first-order chi connectivity index (χ1) is 9.63. The van der Waals surface area contributed by atoms with E-state index in [9.17, 15) is 4.79 Å². The number of hydrogen-bond donors (Lipinski definition) is 1. The van der Waals surface area contributed by atoms with E-state index in [1.54, 1.807) is 0 Å². The quantitative estimate of drug-likeness (QED) is 0.856. The minimum Gasteiger partial charge on any atom is -0.465 e. The smallest absolute Gasteiger partial charge is 0.323 e. The molecule has 0 bridgehead atoms. The van der Waals surface area contributed by atoms with Crippen LogP contribution in [0.25, 0.3) is 0 Å². The van der Waals surface area contributed by atoms with Crippen molar-refractivity contribution < 1.29 is 9.53 Å². The molecular formula is C16H24N2O2. The van der Waals surface area contributed by atoms with Crippen molar-refractivity contribution in [1.82, 2.24) is 4.90 Å². The first-order valence-corrected chi connectivity index (χ1v) is 7.36. The first-order valence-electron chi connectivity index (χ1n) is 7.36. The molecule has 2 N–H and O–H groups in total. The fourth-order valence-electron chi connectivity index (χ4n) is 2.87. The zero-order valence-corrected chi connectivity index (χ0v) is 12.3. The van der Waals surface area contributed by atoms with Gasteiger partial charge in [-0.1, -0.05) is 30.3 Å². The van der Waals surface area contributed by atoms with Gasteiger partial charge in [-0.25, -0.2) is 0 Å². The molecule has 0 amide bonds. The number of carbonyl (C=O) groups is 1. The van der Waals surface area contributed by atoms with Gasteiger partial charge in [0.2, 0.25) is 0 Å². The van der Waals surface area contributed by atoms with Crippen molar-refractivity contribution in [3.8, 4) is 0 Å². The van der Waals surface area contributed by atoms with Gasteiger partial charge in [-0.05, 0) is 32.3 Å². The molecule has 1 saturated heterocycles. The van der Waals surface area contributed by atoms with Crippen molar-refractivity contribution in [2.45, 2.75) is 44.8 Å². The number of rotatable bonds is 4. The van der Waals surface area contributed by atoms with Crippen molar-refractivity contribution in [3.05, 3.63) is 35.9 Å². The summed E-state index contributed by atoms with van der Waals surface area (Å²) in [6.45, 7) is 5.23. The Kier molecular flexibility index (Phi) is 5.15. The SMILES string of the molecule is CCOC(=O)[C@@H]1C[C@@H](N)CCN1[C@@H](C)c1ccccc1. The molecule has 0 spiro atoms. The summed E-state index contributed by atoms with van der Waals surface area (Å²) in [5, 5.41) is 0. The Morgan fingerprint density at radius 3 is 2.80 bits per heavy atom. The fraction of sp³-hybridized carbons (Fsp3) is 0.562. The summed E-state index contributed by atoms with van der Waals surface area (Å²) in [5.74, 6) is -0.148. The molecule has 1 fully saturated rings. The van der Waals surface area contributed by atoms with Gasteiger partial charge in [0.05, 0.1) is 6.61 Å². The van der Waals surface area contributed by atoms with E-state index in [1.165, 1.54) is 5.56 Å². The molecule has 0 unspecified atom stereocenters. The predicted octanol–water partition coefficient (Wildman–Crippen LogP) is 2.10. The van der Waals surface area contributed by atoms with E-state index in [1.807, 2.05) is 25.1 Å². The number of piperidine rings is 1. The number of esters is 1. The molecule has 3 atom stereocenters. The summed E-state index contributed by atoms with van der Waals surface area (Å²) < 4.78 is 5.21. The Hall–Kier alpha value is -1.39. The van der Waals surface area contributed by atoms with Crippen LogP contribution in [0.15, 0.2) is 30.3 Å². The Balaban J connectivity index is 2.16. The maximum atomic E-state index is 12.2. The molecule has 1 aromatic rings. The number of ether oxygens (including phenoxy) is 1. The van der Waals surface area contributed by atoms with Crippen LogP contribution in [0.1, 0.15) is 38.3 Å². The number of nitrogens with two attached hydrogens (primary N) is 1. The summed E-state index contributed by atoms with van der Waals surface area (Å²) in [7, 11) is 0. The van der Waals surface area contributed by atoms with E-state index in [2.05, 4.69) is 24.0 Å². The van der Waals surface area contributed by atoms with Gasteiger partial charge in [-0.3, -0.25) is 9.69 Å². The van der Waals surface area contributed by atoms with Crippen molar-refractivity contribution in [1.29, 1.82) is 0 Å². The van der Waals surface area contributed by atoms with Crippen LogP contribution in [-0.4, -0.2) is 36.1 Å². The summed E-state index contributed by atoms with van der Waals surface area (Å²) in [6, 6.07) is 10.3. The molecule has 0 aromatic heterocycles. The lowest BCUT2D eigenvalue weighted by atomic mass is 9.94. The van der Waals surface area contributed by atoms with Crippen LogP contribution in [0, 0.1) is 0 Å². The average Bonchev–Trinajstić information content (AvgIpc) is 2.47. The van der Waals surface area contributed by atoms with Crippen LogP contribution in [0.5, 0.6) is 0 Å². The molecule has 1 aromatic carbocycles. The van der Waals surface area contributed by atoms with Crippen LogP contribution < -0.4 is 5.73 Å². The van der Waals surface area contributed by atoms with Gasteiger partial charge in [0, 0.05) is 18.6 Å². The van der Waals surface area contributed by atoms with E-state index >= 15 is 0 Å². The average molecular weight is 276 g/mol. The molecule has 1 aliphatic heterocycles. The normalized spacial score (nSPS) is 25.1. The molecule has 0 saturated carbocycles. The third kappa shape index (κ3) is 3.38. The van der Waals surface area contributed by atoms with Gasteiger partial charge in [-0.15, -0.1) is 0 Å². The maximum absolute atomic E-state index is 12.2. The molecule has 2 rings (SSSR count). The highest BCUT2D eigenvalue weighted by Crippen LogP contribution is 2.28. The van der Waals surface area contributed by atoms with Gasteiger partial charge in [0.15, 0.2) is 0 Å². The minimum absolute atomic E-state index is 0.0867. The standard InChI is InChI=1S/C16H24N2O2/c1-3-20-16(19)15-11-14(17)9-10-18(15)12(2)13-7-5-4-6-8-13/h4-8,12,14-15H,3,9-11,17H2,1-2H3/t12-,14-,15-/m0/s1. The third-order valence-corrected chi connectivity index (χ3v) is 4.02. The number of benzene rings is 1. The third-order valence-electron chi connectivity index (χ3n) is 4.02. The second-order valence-corrected chi connectivity index (χ2v) is 5.38. The molecule has 20 heavy (non-hydrogen) atoms. The Bertz CT molecular complexity index is 435. The highest BCUT2D eigenvalue weighted by molar-refractivity contribution is 5.76. The lowest BCUT2D eigenvalue weighted by Crippen LogP contribution is -2.52. The molecule has 0 aliphatic carbocycles. The maximum Gasteiger partial charge on any atom is 0.323 e. The van der Waals surface area contributed by atoms with Crippen molar-refractivity contribution in [2.75, 3.05) is 13.2 Å². The number of nitrogens with zero attached hydrogens (tertiary/aromatic N) is 1. The van der Waals surface area contributed by atoms with E-state index in [-0.39, 0.29) is 24.1 Å². The van der Waals surface area contributed by atoms with Crippen molar-refractivity contribution >= 4 is 5.97 Å². The number of likely N-dealkylation sites (tertiary alicyclic amines) is 1. The second kappa shape index (κ2) is 6.86. The molecule has 0 radical (unpaired) electrons. The Morgan fingerprint density at radius 1 is 1.45 bits per heavy atom. The summed E-state index contributed by atoms with van der Waals surface area (Å²) in [6.07, 6.45) is 1.60. The van der Waals surface area contributed by atoms with E-state index in [4.69, 9.17) is 10.5 Å². The van der Waals surface area contributed by atoms with E-state index in [0.29, 0.717) is 13.0 Å². The van der Waals surface area contributed by atoms with Crippen LogP contribution in [0.4, 0.5) is 0 Å². The Morgan fingerprint density at radius 2 is 2.15 bits per heavy atom. The molecule has 1 aliphatic rings. The lowest BCUT2D eigenvalue weighted by Gasteiger charge is -2.40. The Labute approximate surface area is 120 Å². The van der Waals surface area contributed by atoms with Crippen molar-refractivity contribution in [2.24, 2.45) is 5.73 Å². The zero-order valence-electron chi connectivity index (χ0n) is 12.3. The summed E-state index contributed by atoms with van der Waals surface area (Å²) in [4.78, 5) is 14.4. The van der Waals surface area contributed by atoms with E-state index < -0.39 is 0 Å². The van der Waals surface area contributed by atoms with Crippen LogP contribution in [0.3, 0.4) is 0 Å². The second-order valence-electron chi connectivity index (χ2n) is 5.38. The first kappa shape index (κ1) is 15.0. The summed E-state index contributed by atoms with van der Waals surface area (Å²) >= 11 is 0. The number of hydrogen-bond acceptors (Lipinski definition) is 4. The molecule has 110 valence electrons. The van der Waals surface area contributed by atoms with Gasteiger partial charge < -0.3 is 10.5 Å². The topological polar surface area (TPSA) is 55.6 Å². The van der Waals surface area contributed by atoms with Crippen molar-refractivity contribution in [3.63, 3.8) is 0 Å². The van der Waals surface area contributed by atoms with E-state index in [0.717, 1.165) is 13.0 Å². The molecule has 1 heterocycles. The summed E-state index contributed by atoms with van der Waals surface area (Å²) in [5.41, 5.74) is 7.25. The van der Waals surface area contributed by atoms with Gasteiger partial charge in [0.25, 0.3) is 0 Å².